The van der Waals surface area contributed by atoms with Gasteiger partial charge in [-0.15, -0.1) is 5.01 Å². The van der Waals surface area contributed by atoms with Gasteiger partial charge in [-0.1, -0.05) is 27.2 Å². The normalized spacial score (nSPS) is 12.1. The Hall–Kier alpha value is -1.04. The van der Waals surface area contributed by atoms with Gasteiger partial charge in [0, 0.05) is 11.0 Å². The molecule has 96 valence electrons. The van der Waals surface area contributed by atoms with Crippen LogP contribution in [0.1, 0.15) is 40.0 Å². The molecule has 0 radical (unpaired) electrons. The zero-order valence-corrected chi connectivity index (χ0v) is 10.5. The summed E-state index contributed by atoms with van der Waals surface area (Å²) in [6, 6.07) is 0.441. The van der Waals surface area contributed by atoms with Crippen molar-refractivity contribution in [2.45, 2.75) is 46.1 Å². The second-order valence-electron chi connectivity index (χ2n) is 4.10. The van der Waals surface area contributed by atoms with Gasteiger partial charge in [-0.2, -0.15) is 0 Å². The Morgan fingerprint density at radius 1 is 1.31 bits per heavy atom. The number of rotatable bonds is 9. The van der Waals surface area contributed by atoms with Crippen molar-refractivity contribution in [3.05, 3.63) is 10.4 Å². The van der Waals surface area contributed by atoms with Gasteiger partial charge in [-0.25, -0.2) is 0 Å². The van der Waals surface area contributed by atoms with E-state index in [1.54, 1.807) is 0 Å². The van der Waals surface area contributed by atoms with E-state index in [4.69, 9.17) is 0 Å². The molecule has 0 spiro atoms. The molecular formula is C10H23N4O2-. The van der Waals surface area contributed by atoms with Crippen molar-refractivity contribution in [2.75, 3.05) is 19.6 Å². The molecule has 0 saturated heterocycles. The second-order valence-corrected chi connectivity index (χ2v) is 4.10. The third-order valence-electron chi connectivity index (χ3n) is 2.23. The van der Waals surface area contributed by atoms with Crippen molar-refractivity contribution in [2.24, 2.45) is 5.28 Å². The lowest BCUT2D eigenvalue weighted by atomic mass is 10.3. The van der Waals surface area contributed by atoms with Gasteiger partial charge in [0.25, 0.3) is 0 Å². The van der Waals surface area contributed by atoms with Gasteiger partial charge in [-0.05, 0) is 24.7 Å². The van der Waals surface area contributed by atoms with Crippen LogP contribution in [0.15, 0.2) is 5.28 Å². The van der Waals surface area contributed by atoms with Crippen LogP contribution in [0.25, 0.3) is 0 Å². The SMILES string of the molecule is CCCCN(CCCNC(C)C)/[N+]([O-])=N/[O-]. The van der Waals surface area contributed by atoms with Crippen LogP contribution in [0.4, 0.5) is 0 Å². The molecule has 0 rings (SSSR count). The van der Waals surface area contributed by atoms with Crippen molar-refractivity contribution in [1.29, 1.82) is 0 Å². The topological polar surface area (TPSA) is 76.8 Å². The molecule has 16 heavy (non-hydrogen) atoms. The van der Waals surface area contributed by atoms with E-state index in [0.717, 1.165) is 25.8 Å². The first-order valence-electron chi connectivity index (χ1n) is 5.90. The third-order valence-corrected chi connectivity index (χ3v) is 2.23. The Kier molecular flexibility index (Phi) is 8.61. The summed E-state index contributed by atoms with van der Waals surface area (Å²) >= 11 is 0. The van der Waals surface area contributed by atoms with E-state index >= 15 is 0 Å². The highest BCUT2D eigenvalue weighted by atomic mass is 16.6. The Balaban J connectivity index is 3.83. The van der Waals surface area contributed by atoms with Crippen molar-refractivity contribution < 1.29 is 4.97 Å². The van der Waals surface area contributed by atoms with Gasteiger partial charge < -0.3 is 15.7 Å². The van der Waals surface area contributed by atoms with Crippen LogP contribution in [-0.2, 0) is 0 Å². The molecule has 0 aliphatic rings. The maximum absolute atomic E-state index is 11.1. The number of hydrogen-bond acceptors (Lipinski definition) is 4. The molecule has 0 fully saturated rings. The predicted octanol–water partition coefficient (Wildman–Crippen LogP) is 1.85. The minimum atomic E-state index is 0.158. The molecule has 0 aromatic carbocycles. The Morgan fingerprint density at radius 2 is 1.94 bits per heavy atom. The van der Waals surface area contributed by atoms with Crippen molar-refractivity contribution in [1.82, 2.24) is 10.3 Å². The highest BCUT2D eigenvalue weighted by molar-refractivity contribution is 4.54. The first-order chi connectivity index (χ1) is 7.61. The van der Waals surface area contributed by atoms with E-state index in [0.29, 0.717) is 19.1 Å². The van der Waals surface area contributed by atoms with Crippen LogP contribution in [0, 0.1) is 10.4 Å². The van der Waals surface area contributed by atoms with Gasteiger partial charge in [0.15, 0.2) is 0 Å². The van der Waals surface area contributed by atoms with E-state index < -0.39 is 0 Å². The van der Waals surface area contributed by atoms with E-state index in [2.05, 4.69) is 24.4 Å². The summed E-state index contributed by atoms with van der Waals surface area (Å²) in [5.41, 5.74) is 0. The second kappa shape index (κ2) is 9.21. The minimum Gasteiger partial charge on any atom is -0.737 e. The van der Waals surface area contributed by atoms with Gasteiger partial charge in [-0.3, -0.25) is 0 Å². The average molecular weight is 231 g/mol. The number of hydrazine groups is 1. The highest BCUT2D eigenvalue weighted by Gasteiger charge is 2.09. The molecule has 0 aromatic rings. The molecule has 6 heteroatoms. The molecular weight excluding hydrogens is 208 g/mol. The summed E-state index contributed by atoms with van der Waals surface area (Å²) in [5, 5.41) is 28.3. The van der Waals surface area contributed by atoms with Gasteiger partial charge >= 0.3 is 0 Å². The van der Waals surface area contributed by atoms with Crippen molar-refractivity contribution >= 4 is 0 Å². The Morgan fingerprint density at radius 3 is 2.44 bits per heavy atom. The van der Waals surface area contributed by atoms with Crippen molar-refractivity contribution in [3.8, 4) is 0 Å². The third kappa shape index (κ3) is 7.28. The van der Waals surface area contributed by atoms with E-state index in [1.165, 1.54) is 5.01 Å². The van der Waals surface area contributed by atoms with Crippen LogP contribution in [0.3, 0.4) is 0 Å². The number of nitrogens with one attached hydrogen (secondary N) is 1. The summed E-state index contributed by atoms with van der Waals surface area (Å²) in [4.78, 5) is 0.158. The molecule has 0 unspecified atom stereocenters. The molecule has 0 aliphatic heterocycles. The molecule has 0 amide bonds. The molecule has 1 N–H and O–H groups in total. The fraction of sp³-hybridized carbons (Fsp3) is 1.00. The highest BCUT2D eigenvalue weighted by Crippen LogP contribution is 1.98. The minimum absolute atomic E-state index is 0.158. The maximum Gasteiger partial charge on any atom is 0.0780 e. The standard InChI is InChI=1S/C10H24N4O2/c1-4-5-8-13(14(16)12-15)9-6-7-11-10(2)3/h10-11,15H,4-9H2,1-3H3/p-1/b14-12-. The van der Waals surface area contributed by atoms with Crippen LogP contribution in [-0.4, -0.2) is 35.7 Å². The number of hydrogen-bond donors (Lipinski definition) is 1. The first kappa shape index (κ1) is 15.0. The summed E-state index contributed by atoms with van der Waals surface area (Å²) in [7, 11) is 0. The summed E-state index contributed by atoms with van der Waals surface area (Å²) in [6.45, 7) is 8.18. The fourth-order valence-corrected chi connectivity index (χ4v) is 1.33. The monoisotopic (exact) mass is 231 g/mol. The molecule has 6 nitrogen and oxygen atoms in total. The van der Waals surface area contributed by atoms with Gasteiger partial charge in [0.1, 0.15) is 0 Å². The molecule has 0 heterocycles. The lowest BCUT2D eigenvalue weighted by Gasteiger charge is -2.19. The fourth-order valence-electron chi connectivity index (χ4n) is 1.33. The molecule has 0 aromatic heterocycles. The first-order valence-corrected chi connectivity index (χ1v) is 5.90. The van der Waals surface area contributed by atoms with E-state index in [9.17, 15) is 10.4 Å². The summed E-state index contributed by atoms with van der Waals surface area (Å²) in [5.74, 6) is 0. The van der Waals surface area contributed by atoms with Crippen LogP contribution >= 0.6 is 0 Å². The maximum atomic E-state index is 11.1. The molecule has 0 bridgehead atoms. The summed E-state index contributed by atoms with van der Waals surface area (Å²) in [6.07, 6.45) is 2.72. The molecule has 0 atom stereocenters. The van der Waals surface area contributed by atoms with E-state index in [1.807, 2.05) is 6.92 Å². The van der Waals surface area contributed by atoms with Gasteiger partial charge in [0.2, 0.25) is 0 Å². The quantitative estimate of drug-likeness (QED) is 0.284. The zero-order chi connectivity index (χ0) is 12.4. The van der Waals surface area contributed by atoms with Crippen LogP contribution in [0.5, 0.6) is 0 Å². The predicted molar refractivity (Wildman–Crippen MR) is 63.7 cm³/mol. The Bertz CT molecular complexity index is 197. The number of nitrogens with zero attached hydrogens (tertiary/aromatic N) is 3. The van der Waals surface area contributed by atoms with Crippen LogP contribution in [0.2, 0.25) is 0 Å². The number of unbranched alkanes of at least 4 members (excludes halogenated alkanes) is 1. The smallest absolute Gasteiger partial charge is 0.0780 e. The van der Waals surface area contributed by atoms with Crippen LogP contribution < -0.4 is 5.32 Å². The summed E-state index contributed by atoms with van der Waals surface area (Å²) < 4.78 is 0. The lowest BCUT2D eigenvalue weighted by Crippen LogP contribution is -2.34. The van der Waals surface area contributed by atoms with Crippen molar-refractivity contribution in [3.63, 3.8) is 0 Å². The average Bonchev–Trinajstić information content (AvgIpc) is 2.26. The lowest BCUT2D eigenvalue weighted by molar-refractivity contribution is -0.690. The zero-order valence-electron chi connectivity index (χ0n) is 10.5. The largest absolute Gasteiger partial charge is 0.737 e. The molecule has 0 aliphatic carbocycles. The molecule has 0 saturated carbocycles. The van der Waals surface area contributed by atoms with E-state index in [-0.39, 0.29) is 4.97 Å². The van der Waals surface area contributed by atoms with Gasteiger partial charge in [0.05, 0.1) is 13.1 Å². The Labute approximate surface area is 97.5 Å².